The van der Waals surface area contributed by atoms with Gasteiger partial charge in [0.2, 0.25) is 0 Å². The molecule has 0 saturated heterocycles. The molecule has 1 aromatic rings. The van der Waals surface area contributed by atoms with Crippen molar-refractivity contribution in [3.8, 4) is 0 Å². The van der Waals surface area contributed by atoms with Crippen LogP contribution in [0, 0.1) is 11.8 Å². The molecule has 0 aliphatic heterocycles. The molecule has 0 radical (unpaired) electrons. The summed E-state index contributed by atoms with van der Waals surface area (Å²) in [5, 5.41) is 0. The van der Waals surface area contributed by atoms with Crippen LogP contribution in [0.15, 0.2) is 24.3 Å². The Bertz CT molecular complexity index is 441. The molecule has 0 aromatic heterocycles. The predicted octanol–water partition coefficient (Wildman–Crippen LogP) is 4.11. The zero-order valence-corrected chi connectivity index (χ0v) is 11.2. The highest BCUT2D eigenvalue weighted by Crippen LogP contribution is 2.39. The summed E-state index contributed by atoms with van der Waals surface area (Å²) in [4.78, 5) is 12.3. The first-order chi connectivity index (χ1) is 8.74. The second-order valence-electron chi connectivity index (χ2n) is 6.23. The van der Waals surface area contributed by atoms with E-state index in [1.807, 2.05) is 0 Å². The third kappa shape index (κ3) is 2.23. The van der Waals surface area contributed by atoms with Crippen LogP contribution >= 0.6 is 0 Å². The summed E-state index contributed by atoms with van der Waals surface area (Å²) in [5.41, 5.74) is 2.88. The number of fused-ring (bicyclic) bond motifs is 1. The Labute approximate surface area is 110 Å². The smallest absolute Gasteiger partial charge is 0.136 e. The summed E-state index contributed by atoms with van der Waals surface area (Å²) >= 11 is 0. The SMILES string of the molecule is CC1CCC(C(=O)CC2Cc3ccccc32)CC1. The summed E-state index contributed by atoms with van der Waals surface area (Å²) in [6, 6.07) is 8.58. The summed E-state index contributed by atoms with van der Waals surface area (Å²) < 4.78 is 0. The van der Waals surface area contributed by atoms with Crippen molar-refractivity contribution >= 4 is 5.78 Å². The molecule has 0 heterocycles. The quantitative estimate of drug-likeness (QED) is 0.779. The van der Waals surface area contributed by atoms with E-state index in [2.05, 4.69) is 31.2 Å². The van der Waals surface area contributed by atoms with E-state index in [0.717, 1.165) is 31.6 Å². The third-order valence-electron chi connectivity index (χ3n) is 4.88. The molecule has 3 rings (SSSR count). The summed E-state index contributed by atoms with van der Waals surface area (Å²) in [6.07, 6.45) is 6.67. The molecule has 1 aromatic carbocycles. The number of Topliss-reactive ketones (excluding diaryl/α,β-unsaturated/α-hetero) is 1. The summed E-state index contributed by atoms with van der Waals surface area (Å²) in [6.45, 7) is 2.31. The lowest BCUT2D eigenvalue weighted by molar-refractivity contribution is -0.124. The minimum absolute atomic E-state index is 0.369. The normalized spacial score (nSPS) is 30.4. The minimum Gasteiger partial charge on any atom is -0.299 e. The highest BCUT2D eigenvalue weighted by Gasteiger charge is 2.31. The molecule has 1 atom stereocenters. The average Bonchev–Trinajstić information content (AvgIpc) is 2.36. The second-order valence-corrected chi connectivity index (χ2v) is 6.23. The van der Waals surface area contributed by atoms with E-state index >= 15 is 0 Å². The summed E-state index contributed by atoms with van der Waals surface area (Å²) in [5.74, 6) is 2.25. The van der Waals surface area contributed by atoms with Crippen LogP contribution in [-0.2, 0) is 11.2 Å². The molecular formula is C17H22O. The largest absolute Gasteiger partial charge is 0.299 e. The fraction of sp³-hybridized carbons (Fsp3) is 0.588. The Morgan fingerprint density at radius 2 is 1.89 bits per heavy atom. The number of ketones is 1. The van der Waals surface area contributed by atoms with E-state index < -0.39 is 0 Å². The van der Waals surface area contributed by atoms with Gasteiger partial charge < -0.3 is 0 Å². The lowest BCUT2D eigenvalue weighted by atomic mass is 9.72. The van der Waals surface area contributed by atoms with E-state index in [-0.39, 0.29) is 0 Å². The van der Waals surface area contributed by atoms with Crippen molar-refractivity contribution in [2.45, 2.75) is 51.4 Å². The van der Waals surface area contributed by atoms with E-state index in [9.17, 15) is 4.79 Å². The molecular weight excluding hydrogens is 220 g/mol. The average molecular weight is 242 g/mol. The molecule has 1 unspecified atom stereocenters. The lowest BCUT2D eigenvalue weighted by Gasteiger charge is -2.32. The Hall–Kier alpha value is -1.11. The molecule has 0 N–H and O–H groups in total. The van der Waals surface area contributed by atoms with E-state index in [0.29, 0.717) is 17.6 Å². The van der Waals surface area contributed by atoms with Crippen molar-refractivity contribution in [2.24, 2.45) is 11.8 Å². The van der Waals surface area contributed by atoms with Crippen molar-refractivity contribution in [3.63, 3.8) is 0 Å². The van der Waals surface area contributed by atoms with Gasteiger partial charge >= 0.3 is 0 Å². The van der Waals surface area contributed by atoms with Crippen LogP contribution in [0.5, 0.6) is 0 Å². The Morgan fingerprint density at radius 3 is 2.61 bits per heavy atom. The monoisotopic (exact) mass is 242 g/mol. The molecule has 0 amide bonds. The third-order valence-corrected chi connectivity index (χ3v) is 4.88. The van der Waals surface area contributed by atoms with Crippen molar-refractivity contribution in [2.75, 3.05) is 0 Å². The number of benzene rings is 1. The van der Waals surface area contributed by atoms with Crippen LogP contribution in [0.1, 0.15) is 56.1 Å². The molecule has 0 spiro atoms. The molecule has 2 aliphatic carbocycles. The fourth-order valence-corrected chi connectivity index (χ4v) is 3.54. The van der Waals surface area contributed by atoms with E-state index in [1.165, 1.54) is 24.0 Å². The molecule has 1 nitrogen and oxygen atoms in total. The first-order valence-electron chi connectivity index (χ1n) is 7.34. The molecule has 96 valence electrons. The first kappa shape index (κ1) is 12.0. The van der Waals surface area contributed by atoms with Crippen LogP contribution in [-0.4, -0.2) is 5.78 Å². The molecule has 2 aliphatic rings. The van der Waals surface area contributed by atoms with Crippen molar-refractivity contribution in [3.05, 3.63) is 35.4 Å². The Morgan fingerprint density at radius 1 is 1.17 bits per heavy atom. The van der Waals surface area contributed by atoms with Crippen LogP contribution in [0.25, 0.3) is 0 Å². The van der Waals surface area contributed by atoms with Gasteiger partial charge in [-0.2, -0.15) is 0 Å². The van der Waals surface area contributed by atoms with Gasteiger partial charge in [0.25, 0.3) is 0 Å². The van der Waals surface area contributed by atoms with Crippen LogP contribution < -0.4 is 0 Å². The second kappa shape index (κ2) is 4.87. The standard InChI is InChI=1S/C17H22O/c1-12-6-8-13(9-7-12)17(18)11-15-10-14-4-2-3-5-16(14)15/h2-5,12-13,15H,6-11H2,1H3. The van der Waals surface area contributed by atoms with Gasteiger partial charge in [-0.15, -0.1) is 0 Å². The van der Waals surface area contributed by atoms with Crippen molar-refractivity contribution < 1.29 is 4.79 Å². The first-order valence-corrected chi connectivity index (χ1v) is 7.34. The fourth-order valence-electron chi connectivity index (χ4n) is 3.54. The van der Waals surface area contributed by atoms with E-state index in [4.69, 9.17) is 0 Å². The molecule has 1 saturated carbocycles. The topological polar surface area (TPSA) is 17.1 Å². The Balaban J connectivity index is 1.57. The van der Waals surface area contributed by atoms with Gasteiger partial charge in [-0.25, -0.2) is 0 Å². The van der Waals surface area contributed by atoms with Crippen molar-refractivity contribution in [1.82, 2.24) is 0 Å². The number of rotatable bonds is 3. The molecule has 1 heteroatoms. The highest BCUT2D eigenvalue weighted by molar-refractivity contribution is 5.82. The van der Waals surface area contributed by atoms with Gasteiger partial charge in [0.1, 0.15) is 5.78 Å². The van der Waals surface area contributed by atoms with Crippen LogP contribution in [0.3, 0.4) is 0 Å². The predicted molar refractivity (Wildman–Crippen MR) is 73.6 cm³/mol. The summed E-state index contributed by atoms with van der Waals surface area (Å²) in [7, 11) is 0. The van der Waals surface area contributed by atoms with Gasteiger partial charge in [-0.1, -0.05) is 44.0 Å². The number of hydrogen-bond acceptors (Lipinski definition) is 1. The lowest BCUT2D eigenvalue weighted by Crippen LogP contribution is -2.26. The van der Waals surface area contributed by atoms with Gasteiger partial charge in [-0.05, 0) is 42.2 Å². The zero-order valence-electron chi connectivity index (χ0n) is 11.2. The van der Waals surface area contributed by atoms with Crippen LogP contribution in [0.2, 0.25) is 0 Å². The number of carbonyl (C=O) groups is 1. The molecule has 0 bridgehead atoms. The van der Waals surface area contributed by atoms with Gasteiger partial charge in [0.05, 0.1) is 0 Å². The maximum Gasteiger partial charge on any atom is 0.136 e. The maximum atomic E-state index is 12.3. The molecule has 1 fully saturated rings. The van der Waals surface area contributed by atoms with Crippen molar-refractivity contribution in [1.29, 1.82) is 0 Å². The van der Waals surface area contributed by atoms with E-state index in [1.54, 1.807) is 0 Å². The van der Waals surface area contributed by atoms with Gasteiger partial charge in [0, 0.05) is 12.3 Å². The number of hydrogen-bond donors (Lipinski definition) is 0. The van der Waals surface area contributed by atoms with Gasteiger partial charge in [0.15, 0.2) is 0 Å². The van der Waals surface area contributed by atoms with Crippen LogP contribution in [0.4, 0.5) is 0 Å². The molecule has 18 heavy (non-hydrogen) atoms. The van der Waals surface area contributed by atoms with Gasteiger partial charge in [-0.3, -0.25) is 4.79 Å². The zero-order chi connectivity index (χ0) is 12.5. The highest BCUT2D eigenvalue weighted by atomic mass is 16.1. The maximum absolute atomic E-state index is 12.3. The minimum atomic E-state index is 0.369. The number of carbonyl (C=O) groups excluding carboxylic acids is 1. The Kier molecular flexibility index (Phi) is 3.23.